The van der Waals surface area contributed by atoms with Crippen molar-refractivity contribution < 1.29 is 13.6 Å². The van der Waals surface area contributed by atoms with E-state index in [0.717, 1.165) is 12.1 Å². The van der Waals surface area contributed by atoms with Crippen LogP contribution in [0.4, 0.5) is 20.2 Å². The lowest BCUT2D eigenvalue weighted by atomic mass is 9.98. The number of anilines is 2. The van der Waals surface area contributed by atoms with Gasteiger partial charge >= 0.3 is 0 Å². The number of hydrogen-bond acceptors (Lipinski definition) is 2. The summed E-state index contributed by atoms with van der Waals surface area (Å²) in [5.41, 5.74) is -0.504. The van der Waals surface area contributed by atoms with Gasteiger partial charge in [-0.3, -0.25) is 4.79 Å². The molecule has 1 aromatic rings. The minimum absolute atomic E-state index is 0.161. The van der Waals surface area contributed by atoms with Crippen molar-refractivity contribution in [1.82, 2.24) is 0 Å². The van der Waals surface area contributed by atoms with Crippen LogP contribution >= 0.6 is 0 Å². The van der Waals surface area contributed by atoms with E-state index in [2.05, 4.69) is 5.32 Å². The highest BCUT2D eigenvalue weighted by atomic mass is 19.1. The van der Waals surface area contributed by atoms with Gasteiger partial charge in [-0.15, -0.1) is 0 Å². The van der Waals surface area contributed by atoms with Crippen LogP contribution in [0.15, 0.2) is 12.1 Å². The highest BCUT2D eigenvalue weighted by Gasteiger charge is 2.38. The van der Waals surface area contributed by atoms with Crippen LogP contribution in [0.5, 0.6) is 0 Å². The molecule has 16 heavy (non-hydrogen) atoms. The molecular formula is C11H12F2N2O. The van der Waals surface area contributed by atoms with Crippen molar-refractivity contribution in [2.75, 3.05) is 17.3 Å². The molecule has 86 valence electrons. The Bertz CT molecular complexity index is 471. The number of nitrogens with zero attached hydrogens (tertiary/aromatic N) is 1. The van der Waals surface area contributed by atoms with E-state index in [1.54, 1.807) is 13.8 Å². The average Bonchev–Trinajstić information content (AvgIpc) is 2.17. The van der Waals surface area contributed by atoms with E-state index in [1.807, 2.05) is 0 Å². The number of likely N-dealkylation sites (N-methyl/N-ethyl adjacent to an activating group) is 1. The summed E-state index contributed by atoms with van der Waals surface area (Å²) in [6, 6.07) is 1.93. The quantitative estimate of drug-likeness (QED) is 0.735. The number of amides is 1. The van der Waals surface area contributed by atoms with Gasteiger partial charge in [0.25, 0.3) is 5.91 Å². The first kappa shape index (κ1) is 10.9. The highest BCUT2D eigenvalue weighted by molar-refractivity contribution is 6.07. The van der Waals surface area contributed by atoms with Gasteiger partial charge in [0.2, 0.25) is 0 Å². The maximum absolute atomic E-state index is 13.5. The molecule has 5 heteroatoms. The van der Waals surface area contributed by atoms with Crippen LogP contribution in [0.3, 0.4) is 0 Å². The summed E-state index contributed by atoms with van der Waals surface area (Å²) < 4.78 is 26.6. The molecule has 1 N–H and O–H groups in total. The number of carbonyl (C=O) groups is 1. The first-order valence-electron chi connectivity index (χ1n) is 4.88. The van der Waals surface area contributed by atoms with E-state index in [-0.39, 0.29) is 17.3 Å². The van der Waals surface area contributed by atoms with Gasteiger partial charge in [0.15, 0.2) is 5.82 Å². The lowest BCUT2D eigenvalue weighted by Crippen LogP contribution is -2.52. The smallest absolute Gasteiger partial charge is 0.251 e. The van der Waals surface area contributed by atoms with Gasteiger partial charge in [0.1, 0.15) is 11.4 Å². The Hall–Kier alpha value is -1.65. The normalized spacial score (nSPS) is 18.1. The fraction of sp³-hybridized carbons (Fsp3) is 0.364. The van der Waals surface area contributed by atoms with Crippen molar-refractivity contribution in [1.29, 1.82) is 0 Å². The minimum Gasteiger partial charge on any atom is -0.368 e. The van der Waals surface area contributed by atoms with Gasteiger partial charge in [-0.05, 0) is 19.9 Å². The predicted octanol–water partition coefficient (Wildman–Crippen LogP) is 2.13. The number of halogens is 2. The van der Waals surface area contributed by atoms with Crippen LogP contribution in [-0.4, -0.2) is 18.5 Å². The second kappa shape index (κ2) is 3.17. The van der Waals surface area contributed by atoms with Gasteiger partial charge in [-0.1, -0.05) is 0 Å². The fourth-order valence-electron chi connectivity index (χ4n) is 1.84. The second-order valence-corrected chi connectivity index (χ2v) is 4.40. The van der Waals surface area contributed by atoms with Crippen molar-refractivity contribution in [3.05, 3.63) is 23.8 Å². The van der Waals surface area contributed by atoms with Crippen LogP contribution in [0.1, 0.15) is 13.8 Å². The van der Waals surface area contributed by atoms with Crippen LogP contribution < -0.4 is 10.2 Å². The van der Waals surface area contributed by atoms with Gasteiger partial charge in [0.05, 0.1) is 11.4 Å². The Balaban J connectivity index is 2.64. The lowest BCUT2D eigenvalue weighted by Gasteiger charge is -2.38. The number of hydrogen-bond donors (Lipinski definition) is 1. The van der Waals surface area contributed by atoms with Crippen molar-refractivity contribution in [2.45, 2.75) is 19.4 Å². The van der Waals surface area contributed by atoms with Crippen LogP contribution in [0.2, 0.25) is 0 Å². The third-order valence-corrected chi connectivity index (χ3v) is 2.67. The predicted molar refractivity (Wildman–Crippen MR) is 57.5 cm³/mol. The number of nitrogens with one attached hydrogen (secondary N) is 1. The van der Waals surface area contributed by atoms with Gasteiger partial charge in [-0.2, -0.15) is 0 Å². The van der Waals surface area contributed by atoms with E-state index in [9.17, 15) is 13.6 Å². The molecule has 1 heterocycles. The standard InChI is InChI=1S/C11H12F2N2O/c1-11(2)10(16)15(3)8-5-6(12)4-7(13)9(8)14-11/h4-5,14H,1-3H3. The second-order valence-electron chi connectivity index (χ2n) is 4.40. The zero-order chi connectivity index (χ0) is 12.1. The van der Waals surface area contributed by atoms with Gasteiger partial charge in [0, 0.05) is 13.1 Å². The molecule has 0 saturated carbocycles. The van der Waals surface area contributed by atoms with Crippen LogP contribution in [-0.2, 0) is 4.79 Å². The summed E-state index contributed by atoms with van der Waals surface area (Å²) >= 11 is 0. The summed E-state index contributed by atoms with van der Waals surface area (Å²) in [5.74, 6) is -1.62. The Kier molecular flexibility index (Phi) is 2.15. The fourth-order valence-corrected chi connectivity index (χ4v) is 1.84. The minimum atomic E-state index is -0.888. The third kappa shape index (κ3) is 1.43. The molecule has 1 aromatic carbocycles. The molecule has 3 nitrogen and oxygen atoms in total. The maximum Gasteiger partial charge on any atom is 0.251 e. The Morgan fingerprint density at radius 2 is 1.94 bits per heavy atom. The third-order valence-electron chi connectivity index (χ3n) is 2.67. The number of benzene rings is 1. The maximum atomic E-state index is 13.5. The summed E-state index contributed by atoms with van der Waals surface area (Å²) in [6.07, 6.45) is 0. The van der Waals surface area contributed by atoms with E-state index in [4.69, 9.17) is 0 Å². The molecule has 0 unspecified atom stereocenters. The topological polar surface area (TPSA) is 32.3 Å². The molecule has 0 saturated heterocycles. The largest absolute Gasteiger partial charge is 0.368 e. The average molecular weight is 226 g/mol. The number of rotatable bonds is 0. The summed E-state index contributed by atoms with van der Waals surface area (Å²) in [5, 5.41) is 2.78. The first-order valence-corrected chi connectivity index (χ1v) is 4.88. The molecule has 1 amide bonds. The molecule has 2 rings (SSSR count). The van der Waals surface area contributed by atoms with Crippen molar-refractivity contribution in [3.8, 4) is 0 Å². The molecular weight excluding hydrogens is 214 g/mol. The monoisotopic (exact) mass is 226 g/mol. The van der Waals surface area contributed by atoms with Crippen molar-refractivity contribution in [2.24, 2.45) is 0 Å². The summed E-state index contributed by atoms with van der Waals surface area (Å²) in [4.78, 5) is 13.1. The Morgan fingerprint density at radius 1 is 1.31 bits per heavy atom. The summed E-state index contributed by atoms with van der Waals surface area (Å²) in [7, 11) is 1.50. The molecule has 0 spiro atoms. The molecule has 0 fully saturated rings. The molecule has 0 atom stereocenters. The molecule has 1 aliphatic rings. The summed E-state index contributed by atoms with van der Waals surface area (Å²) in [6.45, 7) is 3.30. The zero-order valence-electron chi connectivity index (χ0n) is 9.27. The van der Waals surface area contributed by atoms with E-state index >= 15 is 0 Å². The Morgan fingerprint density at radius 3 is 2.56 bits per heavy atom. The zero-order valence-corrected chi connectivity index (χ0v) is 9.27. The molecule has 0 radical (unpaired) electrons. The van der Waals surface area contributed by atoms with Crippen LogP contribution in [0.25, 0.3) is 0 Å². The van der Waals surface area contributed by atoms with Crippen LogP contribution in [0, 0.1) is 11.6 Å². The van der Waals surface area contributed by atoms with Gasteiger partial charge in [-0.25, -0.2) is 8.78 Å². The number of fused-ring (bicyclic) bond motifs is 1. The van der Waals surface area contributed by atoms with E-state index in [1.165, 1.54) is 11.9 Å². The molecule has 1 aliphatic heterocycles. The lowest BCUT2D eigenvalue weighted by molar-refractivity contribution is -0.121. The first-order chi connectivity index (χ1) is 7.33. The molecule has 0 aliphatic carbocycles. The SMILES string of the molecule is CN1C(=O)C(C)(C)Nc2c(F)cc(F)cc21. The van der Waals surface area contributed by atoms with E-state index < -0.39 is 17.2 Å². The van der Waals surface area contributed by atoms with E-state index in [0.29, 0.717) is 0 Å². The van der Waals surface area contributed by atoms with Crippen molar-refractivity contribution >= 4 is 17.3 Å². The highest BCUT2D eigenvalue weighted by Crippen LogP contribution is 2.36. The number of carbonyl (C=O) groups excluding carboxylic acids is 1. The van der Waals surface area contributed by atoms with Crippen molar-refractivity contribution in [3.63, 3.8) is 0 Å². The van der Waals surface area contributed by atoms with Gasteiger partial charge < -0.3 is 10.2 Å². The molecule has 0 aromatic heterocycles. The Labute approximate surface area is 92.1 Å². The molecule has 0 bridgehead atoms.